The van der Waals surface area contributed by atoms with Gasteiger partial charge >= 0.3 is 0 Å². The van der Waals surface area contributed by atoms with E-state index in [1.165, 1.54) is 12.8 Å². The number of piperazine rings is 2. The lowest BCUT2D eigenvalue weighted by Gasteiger charge is -2.44. The third kappa shape index (κ3) is 5.72. The molecule has 3 amide bonds. The molecule has 1 aromatic rings. The molecule has 1 atom stereocenters. The smallest absolute Gasteiger partial charge is 0.254 e. The highest BCUT2D eigenvalue weighted by atomic mass is 16.5. The average molecular weight is 487 g/mol. The molecule has 1 unspecified atom stereocenters. The fraction of sp³-hybridized carbons (Fsp3) is 0.654. The number of methoxy groups -OCH3 is 2. The number of rotatable bonds is 6. The molecular weight excluding hydrogens is 448 g/mol. The van der Waals surface area contributed by atoms with Crippen molar-refractivity contribution in [2.75, 3.05) is 66.6 Å². The summed E-state index contributed by atoms with van der Waals surface area (Å²) in [6.07, 6.45) is 4.49. The van der Waals surface area contributed by atoms with Gasteiger partial charge in [0.15, 0.2) is 0 Å². The number of hydrogen-bond acceptors (Lipinski definition) is 6. The van der Waals surface area contributed by atoms with Crippen molar-refractivity contribution in [3.8, 4) is 11.5 Å². The fourth-order valence-electron chi connectivity index (χ4n) is 5.67. The summed E-state index contributed by atoms with van der Waals surface area (Å²) in [4.78, 5) is 46.5. The molecule has 1 aromatic carbocycles. The molecule has 35 heavy (non-hydrogen) atoms. The molecule has 1 saturated carbocycles. The van der Waals surface area contributed by atoms with Gasteiger partial charge in [-0.3, -0.25) is 19.3 Å². The Hall–Kier alpha value is -2.81. The van der Waals surface area contributed by atoms with Crippen molar-refractivity contribution in [2.45, 2.75) is 38.6 Å². The molecule has 2 aliphatic heterocycles. The van der Waals surface area contributed by atoms with Crippen LogP contribution in [0.1, 0.15) is 43.0 Å². The molecule has 3 aliphatic rings. The number of carbonyl (C=O) groups excluding carboxylic acids is 3. The van der Waals surface area contributed by atoms with Gasteiger partial charge in [-0.05, 0) is 30.9 Å². The zero-order valence-electron chi connectivity index (χ0n) is 21.2. The topological polar surface area (TPSA) is 82.6 Å². The van der Waals surface area contributed by atoms with E-state index in [1.807, 2.05) is 14.7 Å². The summed E-state index contributed by atoms with van der Waals surface area (Å²) in [6.45, 7) is 6.48. The Labute approximate surface area is 207 Å². The normalized spacial score (nSPS) is 20.6. The molecular formula is C26H38N4O5. The van der Waals surface area contributed by atoms with Gasteiger partial charge in [-0.25, -0.2) is 0 Å². The van der Waals surface area contributed by atoms with Crippen LogP contribution in [0.5, 0.6) is 11.5 Å². The lowest BCUT2D eigenvalue weighted by atomic mass is 9.94. The van der Waals surface area contributed by atoms with Crippen molar-refractivity contribution < 1.29 is 23.9 Å². The van der Waals surface area contributed by atoms with E-state index in [-0.39, 0.29) is 23.8 Å². The van der Waals surface area contributed by atoms with Crippen molar-refractivity contribution in [2.24, 2.45) is 5.92 Å². The van der Waals surface area contributed by atoms with Crippen molar-refractivity contribution in [3.05, 3.63) is 23.8 Å². The van der Waals surface area contributed by atoms with Gasteiger partial charge in [0.25, 0.3) is 5.91 Å². The molecule has 0 bridgehead atoms. The van der Waals surface area contributed by atoms with Crippen LogP contribution >= 0.6 is 0 Å². The summed E-state index contributed by atoms with van der Waals surface area (Å²) in [7, 11) is 3.14. The van der Waals surface area contributed by atoms with Crippen LogP contribution < -0.4 is 9.47 Å². The third-order valence-corrected chi connectivity index (χ3v) is 7.73. The van der Waals surface area contributed by atoms with Crippen LogP contribution in [0.4, 0.5) is 0 Å². The number of carbonyl (C=O) groups is 3. The second-order valence-corrected chi connectivity index (χ2v) is 9.75. The van der Waals surface area contributed by atoms with Crippen LogP contribution in [0.15, 0.2) is 18.2 Å². The summed E-state index contributed by atoms with van der Waals surface area (Å²) in [5.74, 6) is 1.74. The molecule has 192 valence electrons. The summed E-state index contributed by atoms with van der Waals surface area (Å²) in [6, 6.07) is 5.09. The average Bonchev–Trinajstić information content (AvgIpc) is 3.42. The van der Waals surface area contributed by atoms with Crippen LogP contribution in [0.2, 0.25) is 0 Å². The molecule has 3 fully saturated rings. The first-order valence-corrected chi connectivity index (χ1v) is 12.7. The molecule has 1 aliphatic carbocycles. The van der Waals surface area contributed by atoms with E-state index in [4.69, 9.17) is 9.47 Å². The predicted octanol–water partition coefficient (Wildman–Crippen LogP) is 1.71. The van der Waals surface area contributed by atoms with E-state index in [2.05, 4.69) is 4.90 Å². The molecule has 2 heterocycles. The lowest BCUT2D eigenvalue weighted by Crippen LogP contribution is -2.60. The number of nitrogens with zero attached hydrogens (tertiary/aromatic N) is 4. The summed E-state index contributed by atoms with van der Waals surface area (Å²) >= 11 is 0. The summed E-state index contributed by atoms with van der Waals surface area (Å²) in [5.41, 5.74) is 0.543. The Morgan fingerprint density at radius 1 is 0.771 bits per heavy atom. The van der Waals surface area contributed by atoms with Gasteiger partial charge in [0.05, 0.1) is 20.3 Å². The third-order valence-electron chi connectivity index (χ3n) is 7.73. The number of amides is 3. The van der Waals surface area contributed by atoms with E-state index in [0.717, 1.165) is 12.8 Å². The first-order valence-electron chi connectivity index (χ1n) is 12.7. The summed E-state index contributed by atoms with van der Waals surface area (Å²) < 4.78 is 10.6. The number of hydrogen-bond donors (Lipinski definition) is 0. The molecule has 0 spiro atoms. The van der Waals surface area contributed by atoms with E-state index < -0.39 is 0 Å². The molecule has 9 nitrogen and oxygen atoms in total. The van der Waals surface area contributed by atoms with Crippen LogP contribution in [0.25, 0.3) is 0 Å². The highest BCUT2D eigenvalue weighted by Gasteiger charge is 2.40. The maximum Gasteiger partial charge on any atom is 0.254 e. The standard InChI is InChI=1S/C26H38N4O5/c1-19(31)27-8-12-30(13-9-27)26(33)24(20-6-4-5-7-20)28-10-14-29(15-11-28)25(32)21-16-22(34-2)18-23(17-21)35-3/h16-18,20,24H,4-15H2,1-3H3. The molecule has 4 rings (SSSR count). The van der Waals surface area contributed by atoms with Crippen molar-refractivity contribution >= 4 is 17.7 Å². The SMILES string of the molecule is COc1cc(OC)cc(C(=O)N2CCN(C(C(=O)N3CCN(C(C)=O)CC3)C3CCCC3)CC2)c1. The molecule has 0 aromatic heterocycles. The first kappa shape index (κ1) is 25.3. The quantitative estimate of drug-likeness (QED) is 0.609. The van der Waals surface area contributed by atoms with E-state index in [9.17, 15) is 14.4 Å². The second-order valence-electron chi connectivity index (χ2n) is 9.75. The summed E-state index contributed by atoms with van der Waals surface area (Å²) in [5, 5.41) is 0. The highest BCUT2D eigenvalue weighted by molar-refractivity contribution is 5.95. The van der Waals surface area contributed by atoms with Gasteiger partial charge < -0.3 is 24.2 Å². The van der Waals surface area contributed by atoms with Gasteiger partial charge in [-0.2, -0.15) is 0 Å². The Bertz CT molecular complexity index is 894. The molecule has 0 N–H and O–H groups in total. The fourth-order valence-corrected chi connectivity index (χ4v) is 5.67. The second kappa shape index (κ2) is 11.3. The maximum absolute atomic E-state index is 13.7. The molecule has 2 saturated heterocycles. The van der Waals surface area contributed by atoms with E-state index >= 15 is 0 Å². The van der Waals surface area contributed by atoms with Crippen LogP contribution in [-0.4, -0.2) is 110 Å². The maximum atomic E-state index is 13.7. The van der Waals surface area contributed by atoms with Crippen LogP contribution in [0, 0.1) is 5.92 Å². The van der Waals surface area contributed by atoms with E-state index in [0.29, 0.717) is 75.3 Å². The Balaban J connectivity index is 1.42. The largest absolute Gasteiger partial charge is 0.497 e. The minimum absolute atomic E-state index is 0.0500. The predicted molar refractivity (Wildman–Crippen MR) is 132 cm³/mol. The Morgan fingerprint density at radius 3 is 1.80 bits per heavy atom. The van der Waals surface area contributed by atoms with Crippen molar-refractivity contribution in [1.29, 1.82) is 0 Å². The monoisotopic (exact) mass is 486 g/mol. The Morgan fingerprint density at radius 2 is 1.29 bits per heavy atom. The van der Waals surface area contributed by atoms with Gasteiger partial charge in [0, 0.05) is 70.9 Å². The van der Waals surface area contributed by atoms with Gasteiger partial charge in [-0.15, -0.1) is 0 Å². The minimum atomic E-state index is -0.143. The lowest BCUT2D eigenvalue weighted by molar-refractivity contribution is -0.144. The Kier molecular flexibility index (Phi) is 8.15. The van der Waals surface area contributed by atoms with Crippen LogP contribution in [0.3, 0.4) is 0 Å². The van der Waals surface area contributed by atoms with Crippen molar-refractivity contribution in [1.82, 2.24) is 19.6 Å². The van der Waals surface area contributed by atoms with E-state index in [1.54, 1.807) is 39.3 Å². The number of ether oxygens (including phenoxy) is 2. The molecule has 9 heteroatoms. The zero-order chi connectivity index (χ0) is 24.9. The van der Waals surface area contributed by atoms with Crippen molar-refractivity contribution in [3.63, 3.8) is 0 Å². The minimum Gasteiger partial charge on any atom is -0.497 e. The van der Waals surface area contributed by atoms with Gasteiger partial charge in [0.1, 0.15) is 11.5 Å². The van der Waals surface area contributed by atoms with Gasteiger partial charge in [-0.1, -0.05) is 12.8 Å². The van der Waals surface area contributed by atoms with Crippen LogP contribution in [-0.2, 0) is 9.59 Å². The molecule has 0 radical (unpaired) electrons. The van der Waals surface area contributed by atoms with Gasteiger partial charge in [0.2, 0.25) is 11.8 Å². The zero-order valence-corrected chi connectivity index (χ0v) is 21.2. The highest BCUT2D eigenvalue weighted by Crippen LogP contribution is 2.32. The number of benzene rings is 1. The first-order chi connectivity index (χ1) is 16.9.